The summed E-state index contributed by atoms with van der Waals surface area (Å²) >= 11 is 0. The van der Waals surface area contributed by atoms with Gasteiger partial charge in [0.2, 0.25) is 0 Å². The van der Waals surface area contributed by atoms with Crippen LogP contribution in [0.25, 0.3) is 0 Å². The molecule has 4 heteroatoms. The van der Waals surface area contributed by atoms with Crippen molar-refractivity contribution in [3.63, 3.8) is 0 Å². The van der Waals surface area contributed by atoms with E-state index in [1.165, 1.54) is 0 Å². The van der Waals surface area contributed by atoms with Crippen molar-refractivity contribution >= 4 is 6.29 Å². The number of carbonyl (C=O) groups excluding carboxylic acids is 1. The molecule has 1 aromatic rings. The molecule has 1 aliphatic heterocycles. The Kier molecular flexibility index (Phi) is 4.56. The van der Waals surface area contributed by atoms with E-state index in [0.717, 1.165) is 24.0 Å². The molecule has 0 N–H and O–H groups in total. The first kappa shape index (κ1) is 14.0. The molecule has 0 spiro atoms. The van der Waals surface area contributed by atoms with E-state index < -0.39 is 5.79 Å². The van der Waals surface area contributed by atoms with Crippen molar-refractivity contribution in [1.82, 2.24) is 0 Å². The summed E-state index contributed by atoms with van der Waals surface area (Å²) in [5, 5.41) is 0. The molecule has 0 aliphatic carbocycles. The molecule has 19 heavy (non-hydrogen) atoms. The number of hydrogen-bond donors (Lipinski definition) is 0. The van der Waals surface area contributed by atoms with Crippen LogP contribution in [0.1, 0.15) is 25.8 Å². The Morgan fingerprint density at radius 1 is 1.37 bits per heavy atom. The number of aldehydes is 1. The highest BCUT2D eigenvalue weighted by Crippen LogP contribution is 2.23. The monoisotopic (exact) mass is 264 g/mol. The Morgan fingerprint density at radius 2 is 2.11 bits per heavy atom. The molecule has 1 heterocycles. The summed E-state index contributed by atoms with van der Waals surface area (Å²) in [7, 11) is 0. The van der Waals surface area contributed by atoms with Gasteiger partial charge in [0.25, 0.3) is 0 Å². The fourth-order valence-electron chi connectivity index (χ4n) is 2.01. The molecule has 2 rings (SSSR count). The highest BCUT2D eigenvalue weighted by molar-refractivity contribution is 5.50. The zero-order valence-electron chi connectivity index (χ0n) is 11.4. The second-order valence-corrected chi connectivity index (χ2v) is 5.11. The molecule has 1 saturated heterocycles. The Bertz CT molecular complexity index is 411. The molecular formula is C15H20O4. The van der Waals surface area contributed by atoms with E-state index in [2.05, 4.69) is 0 Å². The summed E-state index contributed by atoms with van der Waals surface area (Å²) in [6.45, 7) is 4.84. The van der Waals surface area contributed by atoms with Crippen LogP contribution in [-0.2, 0) is 20.7 Å². The summed E-state index contributed by atoms with van der Waals surface area (Å²) in [4.78, 5) is 10.3. The Balaban J connectivity index is 1.78. The zero-order valence-corrected chi connectivity index (χ0v) is 11.4. The van der Waals surface area contributed by atoms with Crippen molar-refractivity contribution in [3.8, 4) is 5.75 Å². The van der Waals surface area contributed by atoms with E-state index in [1.54, 1.807) is 0 Å². The number of rotatable bonds is 6. The standard InChI is InChI=1S/C15H20O4/c1-15(2)18-11-14(19-15)10-17-13-7-5-12(6-8-13)4-3-9-16/h5-9,14H,3-4,10-11H2,1-2H3. The molecule has 0 radical (unpaired) electrons. The topological polar surface area (TPSA) is 44.8 Å². The van der Waals surface area contributed by atoms with Gasteiger partial charge < -0.3 is 19.0 Å². The third-order valence-electron chi connectivity index (χ3n) is 2.98. The fourth-order valence-corrected chi connectivity index (χ4v) is 2.01. The smallest absolute Gasteiger partial charge is 0.163 e. The van der Waals surface area contributed by atoms with E-state index in [1.807, 2.05) is 38.1 Å². The molecule has 1 atom stereocenters. The second-order valence-electron chi connectivity index (χ2n) is 5.11. The summed E-state index contributed by atoms with van der Waals surface area (Å²) in [5.74, 6) is 0.301. The van der Waals surface area contributed by atoms with E-state index in [0.29, 0.717) is 19.6 Å². The molecule has 1 aromatic carbocycles. The predicted molar refractivity (Wildman–Crippen MR) is 71.2 cm³/mol. The highest BCUT2D eigenvalue weighted by atomic mass is 16.7. The third kappa shape index (κ3) is 4.33. The third-order valence-corrected chi connectivity index (χ3v) is 2.98. The largest absolute Gasteiger partial charge is 0.491 e. The van der Waals surface area contributed by atoms with Crippen molar-refractivity contribution in [1.29, 1.82) is 0 Å². The first-order valence-electron chi connectivity index (χ1n) is 6.56. The van der Waals surface area contributed by atoms with Crippen molar-refractivity contribution in [2.45, 2.75) is 38.6 Å². The highest BCUT2D eigenvalue weighted by Gasteiger charge is 2.32. The summed E-state index contributed by atoms with van der Waals surface area (Å²) in [6, 6.07) is 7.80. The van der Waals surface area contributed by atoms with Crippen LogP contribution < -0.4 is 4.74 Å². The fraction of sp³-hybridized carbons (Fsp3) is 0.533. The van der Waals surface area contributed by atoms with Gasteiger partial charge in [0.15, 0.2) is 5.79 Å². The van der Waals surface area contributed by atoms with Crippen molar-refractivity contribution < 1.29 is 19.0 Å². The SMILES string of the molecule is CC1(C)OCC(COc2ccc(CCC=O)cc2)O1. The number of carbonyl (C=O) groups is 1. The normalized spacial score (nSPS) is 21.3. The van der Waals surface area contributed by atoms with Gasteiger partial charge in [0, 0.05) is 6.42 Å². The average molecular weight is 264 g/mol. The average Bonchev–Trinajstić information content (AvgIpc) is 2.75. The molecule has 4 nitrogen and oxygen atoms in total. The van der Waals surface area contributed by atoms with Gasteiger partial charge in [0.05, 0.1) is 6.61 Å². The van der Waals surface area contributed by atoms with Crippen LogP contribution in [0.15, 0.2) is 24.3 Å². The molecule has 0 bridgehead atoms. The minimum absolute atomic E-state index is 0.0234. The lowest BCUT2D eigenvalue weighted by molar-refractivity contribution is -0.141. The van der Waals surface area contributed by atoms with Crippen LogP contribution in [0, 0.1) is 0 Å². The molecule has 104 valence electrons. The van der Waals surface area contributed by atoms with Crippen molar-refractivity contribution in [3.05, 3.63) is 29.8 Å². The first-order chi connectivity index (χ1) is 9.09. The van der Waals surface area contributed by atoms with Gasteiger partial charge in [-0.3, -0.25) is 0 Å². The van der Waals surface area contributed by atoms with E-state index in [4.69, 9.17) is 14.2 Å². The van der Waals surface area contributed by atoms with Crippen LogP contribution in [0.2, 0.25) is 0 Å². The van der Waals surface area contributed by atoms with Gasteiger partial charge in [-0.15, -0.1) is 0 Å². The number of hydrogen-bond acceptors (Lipinski definition) is 4. The molecule has 0 saturated carbocycles. The molecule has 1 unspecified atom stereocenters. The molecule has 1 fully saturated rings. The molecule has 0 aromatic heterocycles. The summed E-state index contributed by atoms with van der Waals surface area (Å²) < 4.78 is 16.8. The lowest BCUT2D eigenvalue weighted by Crippen LogP contribution is -2.25. The molecule has 0 amide bonds. The van der Waals surface area contributed by atoms with Crippen LogP contribution >= 0.6 is 0 Å². The van der Waals surface area contributed by atoms with Crippen molar-refractivity contribution in [2.75, 3.05) is 13.2 Å². The maximum Gasteiger partial charge on any atom is 0.163 e. The number of aryl methyl sites for hydroxylation is 1. The minimum Gasteiger partial charge on any atom is -0.491 e. The lowest BCUT2D eigenvalue weighted by Gasteiger charge is -2.17. The maximum atomic E-state index is 10.3. The minimum atomic E-state index is -0.507. The van der Waals surface area contributed by atoms with E-state index >= 15 is 0 Å². The van der Waals surface area contributed by atoms with Crippen LogP contribution in [-0.4, -0.2) is 31.4 Å². The van der Waals surface area contributed by atoms with Gasteiger partial charge in [-0.05, 0) is 38.0 Å². The van der Waals surface area contributed by atoms with Gasteiger partial charge in [-0.2, -0.15) is 0 Å². The van der Waals surface area contributed by atoms with E-state index in [-0.39, 0.29) is 6.10 Å². The first-order valence-corrected chi connectivity index (χ1v) is 6.56. The second kappa shape index (κ2) is 6.17. The molecule has 1 aliphatic rings. The Hall–Kier alpha value is -1.39. The van der Waals surface area contributed by atoms with Gasteiger partial charge in [-0.25, -0.2) is 0 Å². The number of ether oxygens (including phenoxy) is 3. The summed E-state index contributed by atoms with van der Waals surface area (Å²) in [6.07, 6.45) is 2.24. The van der Waals surface area contributed by atoms with E-state index in [9.17, 15) is 4.79 Å². The lowest BCUT2D eigenvalue weighted by atomic mass is 10.1. The summed E-state index contributed by atoms with van der Waals surface area (Å²) in [5.41, 5.74) is 1.14. The van der Waals surface area contributed by atoms with Crippen LogP contribution in [0.3, 0.4) is 0 Å². The zero-order chi connectivity index (χ0) is 13.7. The van der Waals surface area contributed by atoms with Crippen LogP contribution in [0.5, 0.6) is 5.75 Å². The molecular weight excluding hydrogens is 244 g/mol. The quantitative estimate of drug-likeness (QED) is 0.740. The Morgan fingerprint density at radius 3 is 2.68 bits per heavy atom. The van der Waals surface area contributed by atoms with Crippen LogP contribution in [0.4, 0.5) is 0 Å². The number of benzene rings is 1. The predicted octanol–water partition coefficient (Wildman–Crippen LogP) is 2.35. The Labute approximate surface area is 113 Å². The maximum absolute atomic E-state index is 10.3. The van der Waals surface area contributed by atoms with Gasteiger partial charge in [-0.1, -0.05) is 12.1 Å². The van der Waals surface area contributed by atoms with Gasteiger partial charge >= 0.3 is 0 Å². The van der Waals surface area contributed by atoms with Gasteiger partial charge in [0.1, 0.15) is 24.7 Å². The van der Waals surface area contributed by atoms with Crippen molar-refractivity contribution in [2.24, 2.45) is 0 Å².